The molecule has 8 heteroatoms. The first-order valence-corrected chi connectivity index (χ1v) is 9.58. The van der Waals surface area contributed by atoms with Crippen molar-refractivity contribution in [1.29, 1.82) is 0 Å². The summed E-state index contributed by atoms with van der Waals surface area (Å²) in [4.78, 5) is 14.9. The molecule has 1 aliphatic rings. The molecule has 3 rings (SSSR count). The molecule has 1 fully saturated rings. The lowest BCUT2D eigenvalue weighted by Crippen LogP contribution is -2.48. The molecule has 1 atom stereocenters. The van der Waals surface area contributed by atoms with Crippen LogP contribution in [0.1, 0.15) is 34.1 Å². The van der Waals surface area contributed by atoms with Crippen LogP contribution in [0.4, 0.5) is 10.1 Å². The topological polar surface area (TPSA) is 71.3 Å². The molecule has 0 bridgehead atoms. The van der Waals surface area contributed by atoms with E-state index in [1.54, 1.807) is 6.07 Å². The molecule has 28 heavy (non-hydrogen) atoms. The molecule has 150 valence electrons. The fraction of sp³-hybridized carbons (Fsp3) is 0.400. The van der Waals surface area contributed by atoms with Gasteiger partial charge < -0.3 is 15.8 Å². The molecule has 2 aromatic rings. The molecule has 1 saturated heterocycles. The molecule has 1 aromatic carbocycles. The number of carbonyl (C=O) groups excluding carboxylic acids is 1. The summed E-state index contributed by atoms with van der Waals surface area (Å²) in [7, 11) is 0. The van der Waals surface area contributed by atoms with E-state index in [1.807, 2.05) is 13.0 Å². The Kier molecular flexibility index (Phi) is 6.17. The molecular weight excluding hydrogens is 383 g/mol. The van der Waals surface area contributed by atoms with Gasteiger partial charge in [-0.05, 0) is 43.2 Å². The van der Waals surface area contributed by atoms with Gasteiger partial charge in [0.2, 0.25) is 5.69 Å². The number of benzene rings is 1. The number of carbonyl (C=O) groups is 1. The van der Waals surface area contributed by atoms with E-state index in [0.717, 1.165) is 49.6 Å². The first-order valence-electron chi connectivity index (χ1n) is 9.20. The Balaban J connectivity index is 1.82. The lowest BCUT2D eigenvalue weighted by Gasteiger charge is -2.32. The molecule has 2 heterocycles. The molecule has 0 spiro atoms. The van der Waals surface area contributed by atoms with Crippen molar-refractivity contribution in [2.75, 3.05) is 25.0 Å². The highest BCUT2D eigenvalue weighted by Gasteiger charge is 2.20. The van der Waals surface area contributed by atoms with Gasteiger partial charge in [0, 0.05) is 49.9 Å². The van der Waals surface area contributed by atoms with E-state index >= 15 is 0 Å². The number of halogens is 2. The SMILES string of the molecule is Cc1c(CN2CCNC(C)C2)cc(Cl)cc1NC(=O)c1cc(F)c(C)[n+]([O-])c1. The van der Waals surface area contributed by atoms with E-state index in [9.17, 15) is 14.4 Å². The number of pyridine rings is 1. The monoisotopic (exact) mass is 406 g/mol. The van der Waals surface area contributed by atoms with E-state index in [1.165, 1.54) is 6.92 Å². The van der Waals surface area contributed by atoms with Crippen molar-refractivity contribution in [2.45, 2.75) is 33.4 Å². The smallest absolute Gasteiger partial charge is 0.261 e. The van der Waals surface area contributed by atoms with Crippen LogP contribution >= 0.6 is 11.6 Å². The van der Waals surface area contributed by atoms with Crippen LogP contribution in [0.2, 0.25) is 5.02 Å². The number of aromatic nitrogens is 1. The van der Waals surface area contributed by atoms with E-state index in [2.05, 4.69) is 22.5 Å². The molecule has 1 unspecified atom stereocenters. The van der Waals surface area contributed by atoms with E-state index in [4.69, 9.17) is 11.6 Å². The van der Waals surface area contributed by atoms with Crippen molar-refractivity contribution >= 4 is 23.2 Å². The summed E-state index contributed by atoms with van der Waals surface area (Å²) in [5, 5.41) is 18.4. The van der Waals surface area contributed by atoms with Crippen LogP contribution in [0.25, 0.3) is 0 Å². The minimum Gasteiger partial charge on any atom is -0.618 e. The molecule has 0 saturated carbocycles. The Morgan fingerprint density at radius 1 is 1.43 bits per heavy atom. The van der Waals surface area contributed by atoms with E-state index in [-0.39, 0.29) is 11.3 Å². The van der Waals surface area contributed by atoms with Crippen molar-refractivity contribution in [3.05, 3.63) is 62.8 Å². The normalized spacial score (nSPS) is 17.5. The predicted octanol–water partition coefficient (Wildman–Crippen LogP) is 2.78. The van der Waals surface area contributed by atoms with Gasteiger partial charge in [0.15, 0.2) is 12.0 Å². The van der Waals surface area contributed by atoms with Gasteiger partial charge in [0.05, 0.1) is 0 Å². The maximum Gasteiger partial charge on any atom is 0.261 e. The van der Waals surface area contributed by atoms with Crippen molar-refractivity contribution in [1.82, 2.24) is 10.2 Å². The highest BCUT2D eigenvalue weighted by molar-refractivity contribution is 6.31. The largest absolute Gasteiger partial charge is 0.618 e. The van der Waals surface area contributed by atoms with Gasteiger partial charge in [-0.2, -0.15) is 9.12 Å². The second-order valence-corrected chi connectivity index (χ2v) is 7.71. The molecule has 0 aliphatic carbocycles. The Morgan fingerprint density at radius 3 is 2.86 bits per heavy atom. The first kappa shape index (κ1) is 20.5. The van der Waals surface area contributed by atoms with Crippen molar-refractivity contribution in [3.8, 4) is 0 Å². The second-order valence-electron chi connectivity index (χ2n) is 7.27. The average Bonchev–Trinajstić information content (AvgIpc) is 2.63. The predicted molar refractivity (Wildman–Crippen MR) is 107 cm³/mol. The van der Waals surface area contributed by atoms with Gasteiger partial charge in [0.1, 0.15) is 5.56 Å². The Labute approximate surface area is 168 Å². The van der Waals surface area contributed by atoms with Crippen molar-refractivity contribution in [2.24, 2.45) is 0 Å². The number of hydrogen-bond donors (Lipinski definition) is 2. The van der Waals surface area contributed by atoms with Gasteiger partial charge in [-0.25, -0.2) is 0 Å². The highest BCUT2D eigenvalue weighted by Crippen LogP contribution is 2.27. The Hall–Kier alpha value is -2.22. The molecule has 1 aliphatic heterocycles. The molecule has 1 aromatic heterocycles. The maximum absolute atomic E-state index is 13.8. The van der Waals surface area contributed by atoms with Crippen molar-refractivity contribution in [3.63, 3.8) is 0 Å². The molecular formula is C20H24ClFN4O2. The summed E-state index contributed by atoms with van der Waals surface area (Å²) in [5.74, 6) is -1.28. The number of nitrogens with zero attached hydrogens (tertiary/aromatic N) is 2. The maximum atomic E-state index is 13.8. The van der Waals surface area contributed by atoms with Crippen LogP contribution in [0, 0.1) is 24.9 Å². The number of hydrogen-bond acceptors (Lipinski definition) is 4. The van der Waals surface area contributed by atoms with Gasteiger partial charge in [-0.3, -0.25) is 9.69 Å². The summed E-state index contributed by atoms with van der Waals surface area (Å²) >= 11 is 6.27. The summed E-state index contributed by atoms with van der Waals surface area (Å²) in [5.41, 5.74) is 2.34. The molecule has 6 nitrogen and oxygen atoms in total. The van der Waals surface area contributed by atoms with Crippen LogP contribution in [0.15, 0.2) is 24.4 Å². The summed E-state index contributed by atoms with van der Waals surface area (Å²) < 4.78 is 14.2. The van der Waals surface area contributed by atoms with Gasteiger partial charge in [-0.1, -0.05) is 11.6 Å². The third kappa shape index (κ3) is 4.60. The summed E-state index contributed by atoms with van der Waals surface area (Å²) in [6, 6.07) is 5.04. The zero-order chi connectivity index (χ0) is 20.4. The minimum atomic E-state index is -0.723. The Bertz CT molecular complexity index is 883. The fourth-order valence-electron chi connectivity index (χ4n) is 3.35. The summed E-state index contributed by atoms with van der Waals surface area (Å²) in [6.07, 6.45) is 1.07. The fourth-order valence-corrected chi connectivity index (χ4v) is 3.59. The van der Waals surface area contributed by atoms with Crippen molar-refractivity contribution < 1.29 is 13.9 Å². The lowest BCUT2D eigenvalue weighted by atomic mass is 10.0. The third-order valence-electron chi connectivity index (χ3n) is 5.05. The van der Waals surface area contributed by atoms with Gasteiger partial charge in [0.25, 0.3) is 5.91 Å². The zero-order valence-corrected chi connectivity index (χ0v) is 16.9. The average molecular weight is 407 g/mol. The van der Waals surface area contributed by atoms with Crippen LogP contribution in [0.3, 0.4) is 0 Å². The quantitative estimate of drug-likeness (QED) is 0.605. The number of rotatable bonds is 4. The lowest BCUT2D eigenvalue weighted by molar-refractivity contribution is -0.614. The number of anilines is 1. The van der Waals surface area contributed by atoms with E-state index in [0.29, 0.717) is 21.5 Å². The summed E-state index contributed by atoms with van der Waals surface area (Å²) in [6.45, 7) is 8.93. The van der Waals surface area contributed by atoms with Gasteiger partial charge in [-0.15, -0.1) is 0 Å². The zero-order valence-electron chi connectivity index (χ0n) is 16.2. The van der Waals surface area contributed by atoms with Crippen LogP contribution < -0.4 is 15.4 Å². The second kappa shape index (κ2) is 8.43. The highest BCUT2D eigenvalue weighted by atomic mass is 35.5. The van der Waals surface area contributed by atoms with Gasteiger partial charge >= 0.3 is 0 Å². The number of nitrogens with one attached hydrogen (secondary N) is 2. The Morgan fingerprint density at radius 2 is 2.18 bits per heavy atom. The third-order valence-corrected chi connectivity index (χ3v) is 5.27. The van der Waals surface area contributed by atoms with Crippen LogP contribution in [0.5, 0.6) is 0 Å². The number of piperazine rings is 1. The molecule has 0 radical (unpaired) electrons. The molecule has 1 amide bonds. The minimum absolute atomic E-state index is 0.0463. The number of amides is 1. The van der Waals surface area contributed by atoms with E-state index < -0.39 is 11.7 Å². The van der Waals surface area contributed by atoms with Crippen LogP contribution in [-0.4, -0.2) is 36.5 Å². The first-order chi connectivity index (χ1) is 13.2. The standard InChI is InChI=1S/C20H24ClFN4O2/c1-12-9-25(5-4-23-12)10-15-6-17(21)8-19(13(15)2)24-20(27)16-7-18(22)14(3)26(28)11-16/h6-8,11-12,23H,4-5,9-10H2,1-3H3,(H,24,27). The molecule has 2 N–H and O–H groups in total. The van der Waals surface area contributed by atoms with Crippen LogP contribution in [-0.2, 0) is 6.54 Å².